The van der Waals surface area contributed by atoms with E-state index in [1.54, 1.807) is 19.1 Å². The number of rotatable bonds is 7. The summed E-state index contributed by atoms with van der Waals surface area (Å²) in [6, 6.07) is 14.0. The van der Waals surface area contributed by atoms with Gasteiger partial charge in [-0.1, -0.05) is 18.2 Å². The Bertz CT molecular complexity index is 1290. The number of nitrogens with one attached hydrogen (secondary N) is 2. The molecule has 0 aliphatic rings. The Hall–Kier alpha value is -3.79. The van der Waals surface area contributed by atoms with Gasteiger partial charge in [-0.2, -0.15) is 0 Å². The molecule has 8 nitrogen and oxygen atoms in total. The minimum Gasteiger partial charge on any atom is -0.348 e. The zero-order chi connectivity index (χ0) is 23.5. The third kappa shape index (κ3) is 5.27. The molecule has 166 valence electrons. The van der Waals surface area contributed by atoms with Crippen molar-refractivity contribution in [2.75, 3.05) is 4.72 Å². The van der Waals surface area contributed by atoms with E-state index >= 15 is 0 Å². The highest BCUT2D eigenvalue weighted by molar-refractivity contribution is 7.92. The average Bonchev–Trinajstić information content (AvgIpc) is 2.74. The Balaban J connectivity index is 1.68. The van der Waals surface area contributed by atoms with Crippen LogP contribution in [-0.2, 0) is 16.6 Å². The van der Waals surface area contributed by atoms with E-state index in [1.807, 2.05) is 0 Å². The molecule has 0 radical (unpaired) electrons. The minimum absolute atomic E-state index is 0.136. The summed E-state index contributed by atoms with van der Waals surface area (Å²) >= 11 is 0. The topological polar surface area (TPSA) is 118 Å². The van der Waals surface area contributed by atoms with Crippen LogP contribution in [0.3, 0.4) is 0 Å². The van der Waals surface area contributed by atoms with Crippen molar-refractivity contribution in [1.29, 1.82) is 0 Å². The van der Waals surface area contributed by atoms with Crippen LogP contribution in [0.1, 0.15) is 27.0 Å². The molecule has 0 saturated heterocycles. The Labute approximate surface area is 184 Å². The van der Waals surface area contributed by atoms with Crippen LogP contribution in [0.2, 0.25) is 0 Å². The third-order valence-corrected chi connectivity index (χ3v) is 6.16. The molecule has 3 aromatic carbocycles. The van der Waals surface area contributed by atoms with Gasteiger partial charge in [-0.3, -0.25) is 19.6 Å². The number of nitro groups is 1. The molecule has 0 aromatic heterocycles. The number of hydrogen-bond donors (Lipinski definition) is 2. The number of anilines is 1. The van der Waals surface area contributed by atoms with Crippen LogP contribution in [0.15, 0.2) is 65.6 Å². The molecular formula is C22H20FN3O5S. The highest BCUT2D eigenvalue weighted by Gasteiger charge is 2.20. The number of nitro benzene ring substituents is 1. The van der Waals surface area contributed by atoms with Gasteiger partial charge in [0.05, 0.1) is 9.82 Å². The van der Waals surface area contributed by atoms with E-state index in [2.05, 4.69) is 10.0 Å². The first-order valence-corrected chi connectivity index (χ1v) is 11.0. The van der Waals surface area contributed by atoms with Gasteiger partial charge in [-0.05, 0) is 61.4 Å². The molecule has 0 saturated carbocycles. The van der Waals surface area contributed by atoms with Gasteiger partial charge >= 0.3 is 0 Å². The smallest absolute Gasteiger partial charge is 0.273 e. The summed E-state index contributed by atoms with van der Waals surface area (Å²) in [5, 5.41) is 13.7. The first-order valence-electron chi connectivity index (χ1n) is 9.48. The lowest BCUT2D eigenvalue weighted by Crippen LogP contribution is -2.23. The van der Waals surface area contributed by atoms with E-state index < -0.39 is 20.9 Å². The predicted octanol–water partition coefficient (Wildman–Crippen LogP) is 4.08. The normalized spacial score (nSPS) is 11.1. The predicted molar refractivity (Wildman–Crippen MR) is 117 cm³/mol. The van der Waals surface area contributed by atoms with Crippen LogP contribution in [0, 0.1) is 29.8 Å². The maximum absolute atomic E-state index is 13.6. The van der Waals surface area contributed by atoms with Crippen LogP contribution in [-0.4, -0.2) is 19.2 Å². The summed E-state index contributed by atoms with van der Waals surface area (Å²) in [7, 11) is -4.06. The molecule has 32 heavy (non-hydrogen) atoms. The quantitative estimate of drug-likeness (QED) is 0.409. The largest absolute Gasteiger partial charge is 0.348 e. The van der Waals surface area contributed by atoms with E-state index in [4.69, 9.17) is 0 Å². The number of benzene rings is 3. The lowest BCUT2D eigenvalue weighted by molar-refractivity contribution is -0.385. The fourth-order valence-electron chi connectivity index (χ4n) is 2.89. The van der Waals surface area contributed by atoms with E-state index in [1.165, 1.54) is 49.4 Å². The summed E-state index contributed by atoms with van der Waals surface area (Å²) in [5.41, 5.74) is 1.64. The molecule has 3 rings (SSSR count). The maximum atomic E-state index is 13.6. The van der Waals surface area contributed by atoms with Gasteiger partial charge in [-0.15, -0.1) is 0 Å². The summed E-state index contributed by atoms with van der Waals surface area (Å²) in [5.74, 6) is -0.762. The minimum atomic E-state index is -4.06. The van der Waals surface area contributed by atoms with E-state index in [0.29, 0.717) is 16.7 Å². The van der Waals surface area contributed by atoms with Crippen molar-refractivity contribution in [2.45, 2.75) is 25.3 Å². The van der Waals surface area contributed by atoms with Gasteiger partial charge in [0.25, 0.3) is 21.6 Å². The lowest BCUT2D eigenvalue weighted by Gasteiger charge is -2.10. The molecule has 0 heterocycles. The molecule has 0 aliphatic carbocycles. The number of hydrogen-bond acceptors (Lipinski definition) is 5. The molecule has 0 spiro atoms. The van der Waals surface area contributed by atoms with E-state index in [9.17, 15) is 27.7 Å². The van der Waals surface area contributed by atoms with Crippen molar-refractivity contribution in [3.8, 4) is 0 Å². The number of aryl methyl sites for hydroxylation is 2. The SMILES string of the molecule is Cc1ccc(CNC(=O)c2ccc(NS(=O)(=O)c3ccc(C)c([N+](=O)[O-])c3)cc2)cc1F. The van der Waals surface area contributed by atoms with Crippen molar-refractivity contribution in [3.05, 3.63) is 98.8 Å². The van der Waals surface area contributed by atoms with Gasteiger partial charge < -0.3 is 5.32 Å². The Kier molecular flexibility index (Phi) is 6.54. The van der Waals surface area contributed by atoms with Gasteiger partial charge in [0, 0.05) is 29.4 Å². The monoisotopic (exact) mass is 457 g/mol. The summed E-state index contributed by atoms with van der Waals surface area (Å²) in [6.45, 7) is 3.30. The second-order valence-electron chi connectivity index (χ2n) is 7.15. The number of carbonyl (C=O) groups is 1. The second kappa shape index (κ2) is 9.15. The van der Waals surface area contributed by atoms with Crippen LogP contribution < -0.4 is 10.0 Å². The maximum Gasteiger partial charge on any atom is 0.273 e. The summed E-state index contributed by atoms with van der Waals surface area (Å²) in [4.78, 5) is 22.5. The standard InChI is InChI=1S/C22H20FN3O5S/c1-14-3-5-16(11-20(14)23)13-24-22(27)17-6-8-18(9-7-17)25-32(30,31)19-10-4-15(2)21(12-19)26(28)29/h3-12,25H,13H2,1-2H3,(H,24,27). The van der Waals surface area contributed by atoms with Gasteiger partial charge in [0.2, 0.25) is 0 Å². The Morgan fingerprint density at radius 2 is 1.66 bits per heavy atom. The first-order chi connectivity index (χ1) is 15.1. The van der Waals surface area contributed by atoms with Crippen molar-refractivity contribution < 1.29 is 22.5 Å². The molecule has 2 N–H and O–H groups in total. The molecule has 0 atom stereocenters. The van der Waals surface area contributed by atoms with Gasteiger partial charge in [0.1, 0.15) is 5.82 Å². The van der Waals surface area contributed by atoms with Crippen LogP contribution >= 0.6 is 0 Å². The molecule has 0 bridgehead atoms. The molecular weight excluding hydrogens is 437 g/mol. The second-order valence-corrected chi connectivity index (χ2v) is 8.84. The molecule has 0 aliphatic heterocycles. The van der Waals surface area contributed by atoms with E-state index in [-0.39, 0.29) is 34.2 Å². The van der Waals surface area contributed by atoms with Crippen molar-refractivity contribution in [2.24, 2.45) is 0 Å². The van der Waals surface area contributed by atoms with Crippen LogP contribution in [0.4, 0.5) is 15.8 Å². The highest BCUT2D eigenvalue weighted by atomic mass is 32.2. The Morgan fingerprint density at radius 1 is 1.00 bits per heavy atom. The van der Waals surface area contributed by atoms with Crippen molar-refractivity contribution in [3.63, 3.8) is 0 Å². The van der Waals surface area contributed by atoms with E-state index in [0.717, 1.165) is 6.07 Å². The van der Waals surface area contributed by atoms with Gasteiger partial charge in [0.15, 0.2) is 0 Å². The Morgan fingerprint density at radius 3 is 2.28 bits per heavy atom. The molecule has 1 amide bonds. The average molecular weight is 457 g/mol. The summed E-state index contributed by atoms with van der Waals surface area (Å²) < 4.78 is 41.1. The number of nitrogens with zero attached hydrogens (tertiary/aromatic N) is 1. The number of amides is 1. The zero-order valence-corrected chi connectivity index (χ0v) is 18.1. The fraction of sp³-hybridized carbons (Fsp3) is 0.136. The zero-order valence-electron chi connectivity index (χ0n) is 17.3. The van der Waals surface area contributed by atoms with Crippen molar-refractivity contribution in [1.82, 2.24) is 5.32 Å². The summed E-state index contributed by atoms with van der Waals surface area (Å²) in [6.07, 6.45) is 0. The number of carbonyl (C=O) groups excluding carboxylic acids is 1. The highest BCUT2D eigenvalue weighted by Crippen LogP contribution is 2.24. The lowest BCUT2D eigenvalue weighted by atomic mass is 10.1. The molecule has 0 fully saturated rings. The third-order valence-electron chi connectivity index (χ3n) is 4.78. The molecule has 10 heteroatoms. The molecule has 3 aromatic rings. The number of halogens is 1. The van der Waals surface area contributed by atoms with Gasteiger partial charge in [-0.25, -0.2) is 12.8 Å². The van der Waals surface area contributed by atoms with Crippen LogP contribution in [0.25, 0.3) is 0 Å². The van der Waals surface area contributed by atoms with Crippen LogP contribution in [0.5, 0.6) is 0 Å². The first kappa shape index (κ1) is 22.9. The molecule has 0 unspecified atom stereocenters. The number of sulfonamides is 1. The van der Waals surface area contributed by atoms with Crippen molar-refractivity contribution >= 4 is 27.3 Å². The fourth-order valence-corrected chi connectivity index (χ4v) is 3.97.